The molecule has 1 rings (SSSR count). The van der Waals surface area contributed by atoms with Crippen molar-refractivity contribution in [3.8, 4) is 0 Å². The molecule has 2 nitrogen and oxygen atoms in total. The number of thiazole rings is 1. The van der Waals surface area contributed by atoms with Gasteiger partial charge in [0.1, 0.15) is 0 Å². The Morgan fingerprint density at radius 3 is 2.85 bits per heavy atom. The van der Waals surface area contributed by atoms with Crippen molar-refractivity contribution in [2.45, 2.75) is 39.2 Å². The van der Waals surface area contributed by atoms with E-state index in [9.17, 15) is 5.11 Å². The fraction of sp³-hybridized carbons (Fsp3) is 0.700. The van der Waals surface area contributed by atoms with E-state index < -0.39 is 0 Å². The summed E-state index contributed by atoms with van der Waals surface area (Å²) in [7, 11) is 0. The number of aliphatic hydroxyl groups excluding tert-OH is 1. The smallest absolute Gasteiger partial charge is 0.0794 e. The zero-order valence-corrected chi connectivity index (χ0v) is 9.05. The molecule has 1 aromatic heterocycles. The normalized spacial score (nSPS) is 13.5. The largest absolute Gasteiger partial charge is 0.393 e. The third-order valence-electron chi connectivity index (χ3n) is 1.95. The second-order valence-corrected chi connectivity index (χ2v) is 4.76. The third kappa shape index (κ3) is 4.39. The van der Waals surface area contributed by atoms with Gasteiger partial charge in [-0.2, -0.15) is 0 Å². The Balaban J connectivity index is 2.19. The van der Waals surface area contributed by atoms with Crippen LogP contribution in [-0.2, 0) is 6.42 Å². The fourth-order valence-corrected chi connectivity index (χ4v) is 1.95. The number of hydrogen-bond donors (Lipinski definition) is 1. The number of hydrogen-bond acceptors (Lipinski definition) is 3. The highest BCUT2D eigenvalue weighted by molar-refractivity contribution is 7.09. The highest BCUT2D eigenvalue weighted by Crippen LogP contribution is 2.13. The summed E-state index contributed by atoms with van der Waals surface area (Å²) in [5.74, 6) is 0.580. The maximum absolute atomic E-state index is 9.60. The van der Waals surface area contributed by atoms with Crippen molar-refractivity contribution >= 4 is 11.3 Å². The van der Waals surface area contributed by atoms with E-state index in [-0.39, 0.29) is 6.10 Å². The van der Waals surface area contributed by atoms with Crippen LogP contribution in [0.25, 0.3) is 0 Å². The summed E-state index contributed by atoms with van der Waals surface area (Å²) >= 11 is 1.66. The van der Waals surface area contributed by atoms with Gasteiger partial charge in [0.25, 0.3) is 0 Å². The molecule has 0 aliphatic carbocycles. The molecule has 0 aliphatic heterocycles. The number of aliphatic hydroxyl groups is 1. The molecule has 0 amide bonds. The van der Waals surface area contributed by atoms with Gasteiger partial charge >= 0.3 is 0 Å². The van der Waals surface area contributed by atoms with E-state index >= 15 is 0 Å². The first-order chi connectivity index (χ1) is 6.18. The number of aryl methyl sites for hydroxylation is 1. The predicted molar refractivity (Wildman–Crippen MR) is 55.9 cm³/mol. The molecular formula is C10H17NOS. The molecule has 0 aromatic carbocycles. The van der Waals surface area contributed by atoms with E-state index in [1.807, 2.05) is 11.7 Å². The molecular weight excluding hydrogens is 182 g/mol. The van der Waals surface area contributed by atoms with Crippen LogP contribution in [0.3, 0.4) is 0 Å². The quantitative estimate of drug-likeness (QED) is 0.790. The van der Waals surface area contributed by atoms with Crippen LogP contribution in [0, 0.1) is 5.92 Å². The van der Waals surface area contributed by atoms with Gasteiger partial charge in [0.2, 0.25) is 0 Å². The van der Waals surface area contributed by atoms with E-state index in [2.05, 4.69) is 18.8 Å². The summed E-state index contributed by atoms with van der Waals surface area (Å²) in [6, 6.07) is 0. The highest BCUT2D eigenvalue weighted by Gasteiger charge is 2.07. The van der Waals surface area contributed by atoms with Gasteiger partial charge in [-0.05, 0) is 25.2 Å². The summed E-state index contributed by atoms with van der Waals surface area (Å²) in [6.45, 7) is 4.27. The highest BCUT2D eigenvalue weighted by atomic mass is 32.1. The standard InChI is InChI=1S/C10H17NOS/c1-8(2)5-9(12)3-4-10-6-11-7-13-10/h6-9,12H,3-5H2,1-2H3. The van der Waals surface area contributed by atoms with Gasteiger partial charge in [-0.3, -0.25) is 4.98 Å². The van der Waals surface area contributed by atoms with E-state index in [1.54, 1.807) is 11.3 Å². The molecule has 0 radical (unpaired) electrons. The van der Waals surface area contributed by atoms with Crippen LogP contribution in [0.5, 0.6) is 0 Å². The lowest BCUT2D eigenvalue weighted by molar-refractivity contribution is 0.140. The Morgan fingerprint density at radius 1 is 1.54 bits per heavy atom. The molecule has 3 heteroatoms. The molecule has 1 N–H and O–H groups in total. The van der Waals surface area contributed by atoms with Crippen LogP contribution in [0.4, 0.5) is 0 Å². The van der Waals surface area contributed by atoms with Crippen LogP contribution < -0.4 is 0 Å². The third-order valence-corrected chi connectivity index (χ3v) is 2.79. The summed E-state index contributed by atoms with van der Waals surface area (Å²) < 4.78 is 0. The molecule has 0 fully saturated rings. The predicted octanol–water partition coefficient (Wildman–Crippen LogP) is 2.48. The first-order valence-corrected chi connectivity index (χ1v) is 5.62. The fourth-order valence-electron chi connectivity index (χ4n) is 1.34. The maximum Gasteiger partial charge on any atom is 0.0794 e. The van der Waals surface area contributed by atoms with Gasteiger partial charge in [0, 0.05) is 11.1 Å². The summed E-state index contributed by atoms with van der Waals surface area (Å²) in [5, 5.41) is 9.60. The minimum absolute atomic E-state index is 0.151. The second-order valence-electron chi connectivity index (χ2n) is 3.79. The van der Waals surface area contributed by atoms with Gasteiger partial charge in [-0.1, -0.05) is 13.8 Å². The van der Waals surface area contributed by atoms with Crippen LogP contribution in [0.2, 0.25) is 0 Å². The van der Waals surface area contributed by atoms with Crippen LogP contribution in [-0.4, -0.2) is 16.2 Å². The number of rotatable bonds is 5. The lowest BCUT2D eigenvalue weighted by atomic mass is 10.0. The van der Waals surface area contributed by atoms with Crippen molar-refractivity contribution in [2.24, 2.45) is 5.92 Å². The monoisotopic (exact) mass is 199 g/mol. The van der Waals surface area contributed by atoms with Crippen LogP contribution in [0.1, 0.15) is 31.6 Å². The van der Waals surface area contributed by atoms with Crippen molar-refractivity contribution in [3.63, 3.8) is 0 Å². The van der Waals surface area contributed by atoms with Crippen LogP contribution >= 0.6 is 11.3 Å². The first kappa shape index (κ1) is 10.7. The molecule has 1 atom stereocenters. The molecule has 1 aromatic rings. The van der Waals surface area contributed by atoms with E-state index in [0.29, 0.717) is 5.92 Å². The van der Waals surface area contributed by atoms with E-state index in [4.69, 9.17) is 0 Å². The zero-order valence-electron chi connectivity index (χ0n) is 8.23. The Labute approximate surface area is 83.6 Å². The minimum Gasteiger partial charge on any atom is -0.393 e. The second kappa shape index (κ2) is 5.35. The molecule has 1 unspecified atom stereocenters. The number of nitrogens with zero attached hydrogens (tertiary/aromatic N) is 1. The van der Waals surface area contributed by atoms with Crippen molar-refractivity contribution in [1.82, 2.24) is 4.98 Å². The Bertz CT molecular complexity index is 221. The molecule has 0 spiro atoms. The van der Waals surface area contributed by atoms with Crippen LogP contribution in [0.15, 0.2) is 11.7 Å². The Hall–Kier alpha value is -0.410. The average molecular weight is 199 g/mol. The molecule has 0 bridgehead atoms. The Kier molecular flexibility index (Phi) is 4.39. The molecule has 74 valence electrons. The van der Waals surface area contributed by atoms with Gasteiger partial charge in [0.05, 0.1) is 11.6 Å². The lowest BCUT2D eigenvalue weighted by Crippen LogP contribution is -2.10. The summed E-state index contributed by atoms with van der Waals surface area (Å²) in [4.78, 5) is 5.26. The van der Waals surface area contributed by atoms with Gasteiger partial charge in [-0.25, -0.2) is 0 Å². The zero-order chi connectivity index (χ0) is 9.68. The van der Waals surface area contributed by atoms with Crippen molar-refractivity contribution < 1.29 is 5.11 Å². The molecule has 0 saturated carbocycles. The summed E-state index contributed by atoms with van der Waals surface area (Å²) in [6.07, 6.45) is 4.45. The van der Waals surface area contributed by atoms with E-state index in [1.165, 1.54) is 4.88 Å². The minimum atomic E-state index is -0.151. The topological polar surface area (TPSA) is 33.1 Å². The summed E-state index contributed by atoms with van der Waals surface area (Å²) in [5.41, 5.74) is 1.84. The van der Waals surface area contributed by atoms with Crippen molar-refractivity contribution in [3.05, 3.63) is 16.6 Å². The van der Waals surface area contributed by atoms with E-state index in [0.717, 1.165) is 19.3 Å². The van der Waals surface area contributed by atoms with Gasteiger partial charge in [0.15, 0.2) is 0 Å². The molecule has 13 heavy (non-hydrogen) atoms. The SMILES string of the molecule is CC(C)CC(O)CCc1cncs1. The molecule has 1 heterocycles. The maximum atomic E-state index is 9.60. The molecule has 0 aliphatic rings. The lowest BCUT2D eigenvalue weighted by Gasteiger charge is -2.11. The first-order valence-electron chi connectivity index (χ1n) is 4.74. The Morgan fingerprint density at radius 2 is 2.31 bits per heavy atom. The molecule has 0 saturated heterocycles. The number of aromatic nitrogens is 1. The van der Waals surface area contributed by atoms with Crippen molar-refractivity contribution in [1.29, 1.82) is 0 Å². The van der Waals surface area contributed by atoms with Gasteiger partial charge < -0.3 is 5.11 Å². The average Bonchev–Trinajstić information content (AvgIpc) is 2.51. The van der Waals surface area contributed by atoms with Crippen molar-refractivity contribution in [2.75, 3.05) is 0 Å². The van der Waals surface area contributed by atoms with Gasteiger partial charge in [-0.15, -0.1) is 11.3 Å².